The van der Waals surface area contributed by atoms with Gasteiger partial charge in [-0.15, -0.1) is 0 Å². The van der Waals surface area contributed by atoms with Crippen LogP contribution in [0.4, 0.5) is 5.82 Å². The quantitative estimate of drug-likeness (QED) is 0.538. The number of hydrogen-bond acceptors (Lipinski definition) is 5. The third-order valence-corrected chi connectivity index (χ3v) is 3.72. The van der Waals surface area contributed by atoms with E-state index in [1.165, 1.54) is 0 Å². The molecule has 2 aromatic rings. The SMILES string of the molecule is CS(=O)(=O)NCCNc1nc2ccccc2cc1C(N)=S. The monoisotopic (exact) mass is 324 g/mol. The molecule has 0 amide bonds. The number of benzene rings is 1. The van der Waals surface area contributed by atoms with Gasteiger partial charge in [0.2, 0.25) is 10.0 Å². The smallest absolute Gasteiger partial charge is 0.208 e. The molecule has 8 heteroatoms. The minimum Gasteiger partial charge on any atom is -0.389 e. The van der Waals surface area contributed by atoms with Gasteiger partial charge in [-0.1, -0.05) is 30.4 Å². The van der Waals surface area contributed by atoms with Crippen molar-refractivity contribution in [1.29, 1.82) is 0 Å². The van der Waals surface area contributed by atoms with E-state index in [0.717, 1.165) is 17.2 Å². The number of rotatable bonds is 6. The van der Waals surface area contributed by atoms with Crippen LogP contribution < -0.4 is 15.8 Å². The Morgan fingerprint density at radius 2 is 2.05 bits per heavy atom. The van der Waals surface area contributed by atoms with E-state index in [-0.39, 0.29) is 11.5 Å². The van der Waals surface area contributed by atoms with E-state index in [9.17, 15) is 8.42 Å². The number of para-hydroxylation sites is 1. The van der Waals surface area contributed by atoms with E-state index >= 15 is 0 Å². The van der Waals surface area contributed by atoms with Crippen molar-refractivity contribution < 1.29 is 8.42 Å². The number of nitrogens with two attached hydrogens (primary N) is 1. The average molecular weight is 324 g/mol. The number of anilines is 1. The molecule has 0 aliphatic carbocycles. The van der Waals surface area contributed by atoms with Gasteiger partial charge in [0, 0.05) is 18.5 Å². The van der Waals surface area contributed by atoms with E-state index in [0.29, 0.717) is 17.9 Å². The third kappa shape index (κ3) is 4.35. The first-order valence-electron chi connectivity index (χ1n) is 6.25. The Balaban J connectivity index is 2.21. The fraction of sp³-hybridized carbons (Fsp3) is 0.231. The molecule has 0 bridgehead atoms. The van der Waals surface area contributed by atoms with Gasteiger partial charge in [0.05, 0.1) is 17.3 Å². The van der Waals surface area contributed by atoms with Crippen molar-refractivity contribution >= 4 is 44.0 Å². The van der Waals surface area contributed by atoms with Crippen molar-refractivity contribution in [2.45, 2.75) is 0 Å². The van der Waals surface area contributed by atoms with Gasteiger partial charge >= 0.3 is 0 Å². The topological polar surface area (TPSA) is 97.1 Å². The lowest BCUT2D eigenvalue weighted by molar-refractivity contribution is 0.589. The molecule has 0 saturated heterocycles. The number of nitrogens with zero attached hydrogens (tertiary/aromatic N) is 1. The van der Waals surface area contributed by atoms with Crippen LogP contribution in [0, 0.1) is 0 Å². The third-order valence-electron chi connectivity index (χ3n) is 2.77. The number of hydrogen-bond donors (Lipinski definition) is 3. The maximum atomic E-state index is 11.0. The van der Waals surface area contributed by atoms with Gasteiger partial charge in [0.15, 0.2) is 0 Å². The highest BCUT2D eigenvalue weighted by atomic mass is 32.2. The lowest BCUT2D eigenvalue weighted by atomic mass is 10.1. The molecule has 0 atom stereocenters. The van der Waals surface area contributed by atoms with Crippen molar-refractivity contribution in [3.63, 3.8) is 0 Å². The van der Waals surface area contributed by atoms with Crippen LogP contribution in [0.3, 0.4) is 0 Å². The van der Waals surface area contributed by atoms with Crippen LogP contribution in [0.2, 0.25) is 0 Å². The molecule has 21 heavy (non-hydrogen) atoms. The van der Waals surface area contributed by atoms with Crippen LogP contribution in [0.25, 0.3) is 10.9 Å². The normalized spacial score (nSPS) is 11.5. The lowest BCUT2D eigenvalue weighted by Crippen LogP contribution is -2.28. The Bertz CT molecular complexity index is 775. The molecule has 0 saturated carbocycles. The van der Waals surface area contributed by atoms with Gasteiger partial charge in [-0.3, -0.25) is 0 Å². The summed E-state index contributed by atoms with van der Waals surface area (Å²) in [6, 6.07) is 9.50. The molecule has 1 heterocycles. The number of thiocarbonyl (C=S) groups is 1. The van der Waals surface area contributed by atoms with Crippen LogP contribution >= 0.6 is 12.2 Å². The van der Waals surface area contributed by atoms with Crippen molar-refractivity contribution in [3.05, 3.63) is 35.9 Å². The summed E-state index contributed by atoms with van der Waals surface area (Å²) in [7, 11) is -3.20. The molecule has 112 valence electrons. The van der Waals surface area contributed by atoms with Gasteiger partial charge in [0.25, 0.3) is 0 Å². The van der Waals surface area contributed by atoms with Crippen LogP contribution in [-0.4, -0.2) is 37.7 Å². The fourth-order valence-electron chi connectivity index (χ4n) is 1.86. The van der Waals surface area contributed by atoms with Crippen LogP contribution in [0.1, 0.15) is 5.56 Å². The van der Waals surface area contributed by atoms with E-state index in [1.807, 2.05) is 30.3 Å². The first-order chi connectivity index (χ1) is 9.87. The summed E-state index contributed by atoms with van der Waals surface area (Å²) < 4.78 is 24.4. The molecule has 0 spiro atoms. The predicted octanol–water partition coefficient (Wildman–Crippen LogP) is 0.830. The highest BCUT2D eigenvalue weighted by molar-refractivity contribution is 7.88. The molecule has 0 unspecified atom stereocenters. The summed E-state index contributed by atoms with van der Waals surface area (Å²) in [6.45, 7) is 0.637. The van der Waals surface area contributed by atoms with Crippen LogP contribution in [0.15, 0.2) is 30.3 Å². The summed E-state index contributed by atoms with van der Waals surface area (Å²) in [5, 5.41) is 4.00. The molecule has 1 aromatic carbocycles. The van der Waals surface area contributed by atoms with Crippen LogP contribution in [0.5, 0.6) is 0 Å². The lowest BCUT2D eigenvalue weighted by Gasteiger charge is -2.12. The average Bonchev–Trinajstić information content (AvgIpc) is 2.41. The maximum absolute atomic E-state index is 11.0. The van der Waals surface area contributed by atoms with E-state index < -0.39 is 10.0 Å². The fourth-order valence-corrected chi connectivity index (χ4v) is 2.48. The Kier molecular flexibility index (Phi) is 4.71. The minimum atomic E-state index is -3.20. The van der Waals surface area contributed by atoms with Gasteiger partial charge in [0.1, 0.15) is 10.8 Å². The van der Waals surface area contributed by atoms with Crippen molar-refractivity contribution in [2.75, 3.05) is 24.7 Å². The molecule has 0 radical (unpaired) electrons. The Morgan fingerprint density at radius 1 is 1.33 bits per heavy atom. The largest absolute Gasteiger partial charge is 0.389 e. The van der Waals surface area contributed by atoms with Crippen molar-refractivity contribution in [1.82, 2.24) is 9.71 Å². The summed E-state index contributed by atoms with van der Waals surface area (Å²) in [5.41, 5.74) is 7.18. The molecule has 0 aliphatic heterocycles. The molecule has 6 nitrogen and oxygen atoms in total. The zero-order valence-electron chi connectivity index (χ0n) is 11.5. The predicted molar refractivity (Wildman–Crippen MR) is 89.0 cm³/mol. The number of aromatic nitrogens is 1. The Labute approximate surface area is 128 Å². The summed E-state index contributed by atoms with van der Waals surface area (Å²) in [5.74, 6) is 0.552. The van der Waals surface area contributed by atoms with E-state index in [4.69, 9.17) is 18.0 Å². The molecule has 4 N–H and O–H groups in total. The van der Waals surface area contributed by atoms with Crippen molar-refractivity contribution in [3.8, 4) is 0 Å². The zero-order valence-corrected chi connectivity index (χ0v) is 13.1. The number of nitrogens with one attached hydrogen (secondary N) is 2. The second-order valence-electron chi connectivity index (χ2n) is 4.53. The van der Waals surface area contributed by atoms with Gasteiger partial charge < -0.3 is 11.1 Å². The highest BCUT2D eigenvalue weighted by Gasteiger charge is 2.09. The minimum absolute atomic E-state index is 0.242. The molecule has 0 fully saturated rings. The first-order valence-corrected chi connectivity index (χ1v) is 8.55. The van der Waals surface area contributed by atoms with Crippen LogP contribution in [-0.2, 0) is 10.0 Å². The summed E-state index contributed by atoms with van der Waals surface area (Å²) >= 11 is 5.04. The second kappa shape index (κ2) is 6.33. The molecule has 2 rings (SSSR count). The number of sulfonamides is 1. The standard InChI is InChI=1S/C13H16N4O2S2/c1-21(18,19)16-7-6-15-13-10(12(14)20)8-9-4-2-3-5-11(9)17-13/h2-5,8,16H,6-7H2,1H3,(H2,14,20)(H,15,17). The van der Waals surface area contributed by atoms with Gasteiger partial charge in [-0.05, 0) is 12.1 Å². The molecular formula is C13H16N4O2S2. The van der Waals surface area contributed by atoms with E-state index in [2.05, 4.69) is 15.0 Å². The zero-order chi connectivity index (χ0) is 15.5. The van der Waals surface area contributed by atoms with E-state index in [1.54, 1.807) is 0 Å². The molecule has 1 aromatic heterocycles. The van der Waals surface area contributed by atoms with Crippen molar-refractivity contribution in [2.24, 2.45) is 5.73 Å². The second-order valence-corrected chi connectivity index (χ2v) is 6.81. The number of pyridine rings is 1. The highest BCUT2D eigenvalue weighted by Crippen LogP contribution is 2.20. The molecule has 0 aliphatic rings. The molecular weight excluding hydrogens is 308 g/mol. The Morgan fingerprint density at radius 3 is 2.71 bits per heavy atom. The van der Waals surface area contributed by atoms with Gasteiger partial charge in [-0.2, -0.15) is 0 Å². The Hall–Kier alpha value is -1.77. The first kappa shape index (κ1) is 15.6. The van der Waals surface area contributed by atoms with Gasteiger partial charge in [-0.25, -0.2) is 18.1 Å². The summed E-state index contributed by atoms with van der Waals surface area (Å²) in [6.07, 6.45) is 1.11. The summed E-state index contributed by atoms with van der Waals surface area (Å²) in [4.78, 5) is 4.72. The number of fused-ring (bicyclic) bond motifs is 1. The maximum Gasteiger partial charge on any atom is 0.208 e.